The topological polar surface area (TPSA) is 72.7 Å². The van der Waals surface area contributed by atoms with Crippen LogP contribution in [0.3, 0.4) is 0 Å². The zero-order valence-corrected chi connectivity index (χ0v) is 23.6. The quantitative estimate of drug-likeness (QED) is 0.216. The van der Waals surface area contributed by atoms with Gasteiger partial charge in [-0.1, -0.05) is 76.3 Å². The van der Waals surface area contributed by atoms with E-state index < -0.39 is 0 Å². The zero-order chi connectivity index (χ0) is 27.3. The Balaban J connectivity index is 0.00000112. The Labute approximate surface area is 233 Å². The molecule has 5 rings (SSSR count). The number of nitrogens with one attached hydrogen (secondary N) is 1. The van der Waals surface area contributed by atoms with Crippen LogP contribution in [0.15, 0.2) is 73.4 Å². The molecule has 1 unspecified atom stereocenters. The lowest BCUT2D eigenvalue weighted by Gasteiger charge is -2.29. The third-order valence-electron chi connectivity index (χ3n) is 7.53. The van der Waals surface area contributed by atoms with Gasteiger partial charge in [-0.3, -0.25) is 4.79 Å². The van der Waals surface area contributed by atoms with E-state index in [0.717, 1.165) is 50.0 Å². The molecule has 1 aromatic carbocycles. The third-order valence-corrected chi connectivity index (χ3v) is 7.53. The summed E-state index contributed by atoms with van der Waals surface area (Å²) in [5.41, 5.74) is 4.32. The van der Waals surface area contributed by atoms with Crippen LogP contribution in [0.2, 0.25) is 0 Å². The molecule has 3 heterocycles. The summed E-state index contributed by atoms with van der Waals surface area (Å²) in [6.07, 6.45) is 17.7. The van der Waals surface area contributed by atoms with E-state index in [-0.39, 0.29) is 11.8 Å². The van der Waals surface area contributed by atoms with Crippen molar-refractivity contribution >= 4 is 16.9 Å². The van der Waals surface area contributed by atoms with E-state index in [1.165, 1.54) is 48.5 Å². The van der Waals surface area contributed by atoms with E-state index in [0.29, 0.717) is 12.5 Å². The fourth-order valence-electron chi connectivity index (χ4n) is 5.64. The lowest BCUT2D eigenvalue weighted by Crippen LogP contribution is -2.35. The first-order valence-electron chi connectivity index (χ1n) is 14.7. The number of hydrogen-bond acceptors (Lipinski definition) is 4. The second kappa shape index (κ2) is 15.2. The van der Waals surface area contributed by atoms with Gasteiger partial charge < -0.3 is 9.88 Å². The van der Waals surface area contributed by atoms with E-state index in [1.54, 1.807) is 6.20 Å². The molecular weight excluding hydrogens is 482 g/mol. The van der Waals surface area contributed by atoms with E-state index in [4.69, 9.17) is 0 Å². The maximum absolute atomic E-state index is 13.2. The lowest BCUT2D eigenvalue weighted by atomic mass is 9.77. The highest BCUT2D eigenvalue weighted by Crippen LogP contribution is 2.34. The summed E-state index contributed by atoms with van der Waals surface area (Å²) in [6, 6.07) is 16.5. The van der Waals surface area contributed by atoms with Crippen molar-refractivity contribution in [2.24, 2.45) is 11.8 Å². The number of unbranched alkanes of at least 4 members (excludes halogenated alkanes) is 1. The number of amides is 1. The van der Waals surface area contributed by atoms with Crippen molar-refractivity contribution in [1.29, 1.82) is 0 Å². The summed E-state index contributed by atoms with van der Waals surface area (Å²) in [4.78, 5) is 26.1. The maximum atomic E-state index is 13.2. The van der Waals surface area contributed by atoms with Crippen molar-refractivity contribution in [3.05, 3.63) is 79.1 Å². The Bertz CT molecular complexity index is 1270. The van der Waals surface area contributed by atoms with Gasteiger partial charge in [-0.15, -0.1) is 0 Å². The van der Waals surface area contributed by atoms with Gasteiger partial charge >= 0.3 is 0 Å². The minimum absolute atomic E-state index is 0.0755. The number of aryl methyl sites for hydroxylation is 1. The molecule has 0 bridgehead atoms. The average Bonchev–Trinajstić information content (AvgIpc) is 3.36. The summed E-state index contributed by atoms with van der Waals surface area (Å²) >= 11 is 0. The van der Waals surface area contributed by atoms with E-state index in [9.17, 15) is 4.79 Å². The second-order valence-electron chi connectivity index (χ2n) is 10.6. The highest BCUT2D eigenvalue weighted by molar-refractivity contribution is 5.94. The number of benzene rings is 1. The van der Waals surface area contributed by atoms with Gasteiger partial charge in [-0.05, 0) is 55.4 Å². The standard InChI is InChI=1S/C30H35N5O.C3H8/c36-30(33-20-25-16-18-31-22-34-25)26(23-10-3-1-4-11-23)14-7-8-19-35-21-28(24-12-5-2-6-13-24)27-15-9-17-32-29(27)35;1-3-2/h2,5-6,9,12-13,15-18,21-23,26H,1,3-4,7-8,10-11,14,19-20H2,(H,33,36);3H2,1-2H3. The van der Waals surface area contributed by atoms with Gasteiger partial charge in [0.05, 0.1) is 12.2 Å². The molecule has 0 saturated heterocycles. The molecule has 0 radical (unpaired) electrons. The summed E-state index contributed by atoms with van der Waals surface area (Å²) in [6.45, 7) is 5.62. The predicted molar refractivity (Wildman–Crippen MR) is 159 cm³/mol. The first-order valence-corrected chi connectivity index (χ1v) is 14.7. The third kappa shape index (κ3) is 7.98. The van der Waals surface area contributed by atoms with Gasteiger partial charge in [-0.2, -0.15) is 0 Å². The second-order valence-corrected chi connectivity index (χ2v) is 10.6. The minimum atomic E-state index is 0.0755. The van der Waals surface area contributed by atoms with Gasteiger partial charge in [0, 0.05) is 42.0 Å². The van der Waals surface area contributed by atoms with Crippen molar-refractivity contribution in [3.8, 4) is 11.1 Å². The highest BCUT2D eigenvalue weighted by atomic mass is 16.1. The summed E-state index contributed by atoms with van der Waals surface area (Å²) in [5.74, 6) is 0.745. The summed E-state index contributed by atoms with van der Waals surface area (Å²) < 4.78 is 2.28. The summed E-state index contributed by atoms with van der Waals surface area (Å²) in [7, 11) is 0. The minimum Gasteiger partial charge on any atom is -0.350 e. The number of carbonyl (C=O) groups excluding carboxylic acids is 1. The number of carbonyl (C=O) groups is 1. The van der Waals surface area contributed by atoms with Gasteiger partial charge in [0.2, 0.25) is 5.91 Å². The van der Waals surface area contributed by atoms with Crippen LogP contribution in [-0.4, -0.2) is 25.4 Å². The van der Waals surface area contributed by atoms with Crippen molar-refractivity contribution in [2.45, 2.75) is 84.7 Å². The number of rotatable bonds is 10. The molecule has 1 N–H and O–H groups in total. The Morgan fingerprint density at radius 1 is 0.974 bits per heavy atom. The fraction of sp³-hybridized carbons (Fsp3) is 0.455. The number of aromatic nitrogens is 4. The maximum Gasteiger partial charge on any atom is 0.223 e. The number of pyridine rings is 1. The lowest BCUT2D eigenvalue weighted by molar-refractivity contribution is -0.127. The molecule has 1 aliphatic rings. The first-order chi connectivity index (χ1) is 19.2. The Morgan fingerprint density at radius 2 is 1.77 bits per heavy atom. The summed E-state index contributed by atoms with van der Waals surface area (Å²) in [5, 5.41) is 4.34. The predicted octanol–water partition coefficient (Wildman–Crippen LogP) is 7.59. The molecule has 1 atom stereocenters. The molecule has 1 amide bonds. The van der Waals surface area contributed by atoms with Gasteiger partial charge in [0.15, 0.2) is 0 Å². The molecular formula is C33H43N5O. The van der Waals surface area contributed by atoms with Crippen LogP contribution >= 0.6 is 0 Å². The Morgan fingerprint density at radius 3 is 2.51 bits per heavy atom. The van der Waals surface area contributed by atoms with Crippen molar-refractivity contribution < 1.29 is 4.79 Å². The van der Waals surface area contributed by atoms with Gasteiger partial charge in [0.1, 0.15) is 12.0 Å². The van der Waals surface area contributed by atoms with E-state index >= 15 is 0 Å². The molecule has 39 heavy (non-hydrogen) atoms. The smallest absolute Gasteiger partial charge is 0.223 e. The molecule has 3 aromatic heterocycles. The number of fused-ring (bicyclic) bond motifs is 1. The molecule has 1 fully saturated rings. The van der Waals surface area contributed by atoms with Crippen LogP contribution in [0.1, 0.15) is 77.3 Å². The molecule has 1 aliphatic carbocycles. The molecule has 6 nitrogen and oxygen atoms in total. The Hall–Kier alpha value is -3.54. The molecule has 0 aliphatic heterocycles. The fourth-order valence-corrected chi connectivity index (χ4v) is 5.64. The molecule has 6 heteroatoms. The highest BCUT2D eigenvalue weighted by Gasteiger charge is 2.29. The van der Waals surface area contributed by atoms with Crippen LogP contribution in [0, 0.1) is 11.8 Å². The van der Waals surface area contributed by atoms with Crippen LogP contribution in [0.5, 0.6) is 0 Å². The van der Waals surface area contributed by atoms with E-state index in [1.807, 2.05) is 24.4 Å². The van der Waals surface area contributed by atoms with Crippen molar-refractivity contribution in [1.82, 2.24) is 24.8 Å². The molecule has 206 valence electrons. The number of nitrogens with zero attached hydrogens (tertiary/aromatic N) is 4. The van der Waals surface area contributed by atoms with Crippen LogP contribution in [0.25, 0.3) is 22.2 Å². The van der Waals surface area contributed by atoms with Crippen molar-refractivity contribution in [2.75, 3.05) is 0 Å². The average molecular weight is 526 g/mol. The van der Waals surface area contributed by atoms with Crippen LogP contribution in [-0.2, 0) is 17.9 Å². The normalized spacial score (nSPS) is 14.4. The largest absolute Gasteiger partial charge is 0.350 e. The first kappa shape index (κ1) is 28.5. The SMILES string of the molecule is CCC.O=C(NCc1ccncn1)C(CCCCn1cc(-c2ccccc2)c2cccnc21)C1CCCCC1. The molecule has 0 spiro atoms. The zero-order valence-electron chi connectivity index (χ0n) is 23.6. The van der Waals surface area contributed by atoms with Gasteiger partial charge in [0.25, 0.3) is 0 Å². The monoisotopic (exact) mass is 525 g/mol. The van der Waals surface area contributed by atoms with Crippen LogP contribution in [0.4, 0.5) is 0 Å². The molecule has 1 saturated carbocycles. The molecule has 4 aromatic rings. The number of hydrogen-bond donors (Lipinski definition) is 1. The van der Waals surface area contributed by atoms with Crippen LogP contribution < -0.4 is 5.32 Å². The van der Waals surface area contributed by atoms with Gasteiger partial charge in [-0.25, -0.2) is 15.0 Å². The Kier molecular flexibility index (Phi) is 11.1. The van der Waals surface area contributed by atoms with E-state index in [2.05, 4.69) is 75.2 Å². The van der Waals surface area contributed by atoms with Crippen molar-refractivity contribution in [3.63, 3.8) is 0 Å².